The van der Waals surface area contributed by atoms with E-state index in [-0.39, 0.29) is 11.6 Å². The number of amides is 1. The highest BCUT2D eigenvalue weighted by Crippen LogP contribution is 2.24. The highest BCUT2D eigenvalue weighted by molar-refractivity contribution is 9.10. The van der Waals surface area contributed by atoms with Crippen LogP contribution in [0.4, 0.5) is 5.69 Å². The molecule has 0 spiro atoms. The van der Waals surface area contributed by atoms with Crippen LogP contribution in [0.15, 0.2) is 51.7 Å². The fraction of sp³-hybridized carbons (Fsp3) is 0.0588. The Kier molecular flexibility index (Phi) is 4.52. The summed E-state index contributed by atoms with van der Waals surface area (Å²) in [6.07, 6.45) is 3.10. The molecule has 3 rings (SSSR count). The summed E-state index contributed by atoms with van der Waals surface area (Å²) in [6, 6.07) is 10.7. The highest BCUT2D eigenvalue weighted by Gasteiger charge is 2.04. The van der Waals surface area contributed by atoms with Crippen molar-refractivity contribution in [3.8, 4) is 5.75 Å². The van der Waals surface area contributed by atoms with Gasteiger partial charge in [0.15, 0.2) is 0 Å². The fourth-order valence-corrected chi connectivity index (χ4v) is 2.67. The van der Waals surface area contributed by atoms with E-state index in [1.54, 1.807) is 31.4 Å². The summed E-state index contributed by atoms with van der Waals surface area (Å²) in [4.78, 5) is 28.6. The maximum atomic E-state index is 12.1. The van der Waals surface area contributed by atoms with Gasteiger partial charge in [-0.25, -0.2) is 4.79 Å². The number of anilines is 1. The third-order valence-electron chi connectivity index (χ3n) is 3.39. The lowest BCUT2D eigenvalue weighted by atomic mass is 10.2. The zero-order chi connectivity index (χ0) is 17.1. The highest BCUT2D eigenvalue weighted by atomic mass is 79.9. The molecule has 122 valence electrons. The van der Waals surface area contributed by atoms with Crippen molar-refractivity contribution < 1.29 is 9.53 Å². The molecular formula is C17H14BrN3O3. The molecule has 1 amide bonds. The molecule has 3 N–H and O–H groups in total. The van der Waals surface area contributed by atoms with Crippen LogP contribution in [0.1, 0.15) is 5.56 Å². The lowest BCUT2D eigenvalue weighted by Crippen LogP contribution is -2.07. The first-order chi connectivity index (χ1) is 11.5. The number of hydrogen-bond donors (Lipinski definition) is 3. The fourth-order valence-electron chi connectivity index (χ4n) is 2.30. The second-order valence-electron chi connectivity index (χ2n) is 5.05. The number of rotatable bonds is 4. The van der Waals surface area contributed by atoms with E-state index in [4.69, 9.17) is 4.74 Å². The van der Waals surface area contributed by atoms with Gasteiger partial charge in [-0.1, -0.05) is 15.9 Å². The van der Waals surface area contributed by atoms with Gasteiger partial charge in [0.05, 0.1) is 18.1 Å². The zero-order valence-electron chi connectivity index (χ0n) is 12.7. The number of methoxy groups -OCH3 is 1. The number of imidazole rings is 1. The van der Waals surface area contributed by atoms with Crippen LogP contribution in [-0.4, -0.2) is 23.0 Å². The van der Waals surface area contributed by atoms with Crippen molar-refractivity contribution in [3.63, 3.8) is 0 Å². The van der Waals surface area contributed by atoms with Crippen molar-refractivity contribution in [1.82, 2.24) is 9.97 Å². The minimum atomic E-state index is -0.283. The molecule has 7 heteroatoms. The predicted molar refractivity (Wildman–Crippen MR) is 97.3 cm³/mol. The lowest BCUT2D eigenvalue weighted by Gasteiger charge is -2.05. The SMILES string of the molecule is COc1ccc(Br)cc1/C=C/C(=O)Nc1ccc2[nH]c(=O)[nH]c2c1. The molecule has 24 heavy (non-hydrogen) atoms. The average Bonchev–Trinajstić information content (AvgIpc) is 2.92. The van der Waals surface area contributed by atoms with E-state index >= 15 is 0 Å². The average molecular weight is 388 g/mol. The minimum absolute atomic E-state index is 0.282. The van der Waals surface area contributed by atoms with Crippen LogP contribution in [-0.2, 0) is 4.79 Å². The Hall–Kier alpha value is -2.80. The Morgan fingerprint density at radius 1 is 1.17 bits per heavy atom. The van der Waals surface area contributed by atoms with Crippen molar-refractivity contribution in [3.05, 3.63) is 63.0 Å². The summed E-state index contributed by atoms with van der Waals surface area (Å²) < 4.78 is 6.15. The van der Waals surface area contributed by atoms with Crippen LogP contribution in [0, 0.1) is 0 Å². The van der Waals surface area contributed by atoms with Gasteiger partial charge in [-0.15, -0.1) is 0 Å². The molecule has 0 radical (unpaired) electrons. The molecule has 0 unspecified atom stereocenters. The topological polar surface area (TPSA) is 87.0 Å². The number of halogens is 1. The van der Waals surface area contributed by atoms with Crippen molar-refractivity contribution in [2.45, 2.75) is 0 Å². The summed E-state index contributed by atoms with van der Waals surface area (Å²) in [6.45, 7) is 0. The van der Waals surface area contributed by atoms with Crippen LogP contribution >= 0.6 is 15.9 Å². The smallest absolute Gasteiger partial charge is 0.323 e. The first-order valence-electron chi connectivity index (χ1n) is 7.10. The molecule has 0 saturated heterocycles. The quantitative estimate of drug-likeness (QED) is 0.600. The van der Waals surface area contributed by atoms with E-state index in [0.717, 1.165) is 10.0 Å². The Morgan fingerprint density at radius 3 is 2.75 bits per heavy atom. The first-order valence-corrected chi connectivity index (χ1v) is 7.89. The summed E-state index contributed by atoms with van der Waals surface area (Å²) in [5.74, 6) is 0.392. The summed E-state index contributed by atoms with van der Waals surface area (Å²) in [5.41, 5.74) is 2.42. The maximum Gasteiger partial charge on any atom is 0.323 e. The molecule has 0 aliphatic heterocycles. The second kappa shape index (κ2) is 6.76. The van der Waals surface area contributed by atoms with E-state index < -0.39 is 0 Å². The van der Waals surface area contributed by atoms with E-state index in [1.807, 2.05) is 18.2 Å². The van der Waals surface area contributed by atoms with Crippen molar-refractivity contribution >= 4 is 44.6 Å². The summed E-state index contributed by atoms with van der Waals surface area (Å²) >= 11 is 3.39. The minimum Gasteiger partial charge on any atom is -0.496 e. The number of aromatic nitrogens is 2. The molecule has 0 bridgehead atoms. The Bertz CT molecular complexity index is 988. The van der Waals surface area contributed by atoms with Crippen molar-refractivity contribution in [1.29, 1.82) is 0 Å². The molecule has 0 atom stereocenters. The van der Waals surface area contributed by atoms with Gasteiger partial charge in [0.2, 0.25) is 5.91 Å². The number of aromatic amines is 2. The Balaban J connectivity index is 1.76. The number of carbonyl (C=O) groups is 1. The number of nitrogens with one attached hydrogen (secondary N) is 3. The summed E-state index contributed by atoms with van der Waals surface area (Å²) in [7, 11) is 1.58. The van der Waals surface area contributed by atoms with E-state index in [2.05, 4.69) is 31.2 Å². The molecule has 3 aromatic rings. The van der Waals surface area contributed by atoms with Crippen LogP contribution in [0.25, 0.3) is 17.1 Å². The molecular weight excluding hydrogens is 374 g/mol. The standard InChI is InChI=1S/C17H14BrN3O3/c1-24-15-6-3-11(18)8-10(15)2-7-16(22)19-12-4-5-13-14(9-12)21-17(23)20-13/h2-9H,1H3,(H,19,22)(H2,20,21,23)/b7-2+. The number of benzene rings is 2. The molecule has 0 aliphatic carbocycles. The number of hydrogen-bond acceptors (Lipinski definition) is 3. The third-order valence-corrected chi connectivity index (χ3v) is 3.88. The van der Waals surface area contributed by atoms with Crippen molar-refractivity contribution in [2.24, 2.45) is 0 Å². The van der Waals surface area contributed by atoms with E-state index in [1.165, 1.54) is 6.08 Å². The van der Waals surface area contributed by atoms with Crippen molar-refractivity contribution in [2.75, 3.05) is 12.4 Å². The molecule has 0 saturated carbocycles. The van der Waals surface area contributed by atoms with Gasteiger partial charge >= 0.3 is 5.69 Å². The van der Waals surface area contributed by atoms with Crippen LogP contribution < -0.4 is 15.7 Å². The van der Waals surface area contributed by atoms with Gasteiger partial charge in [0.1, 0.15) is 5.75 Å². The van der Waals surface area contributed by atoms with Gasteiger partial charge in [-0.3, -0.25) is 4.79 Å². The molecule has 1 aromatic heterocycles. The molecule has 2 aromatic carbocycles. The first kappa shape index (κ1) is 16.1. The molecule has 6 nitrogen and oxygen atoms in total. The zero-order valence-corrected chi connectivity index (χ0v) is 14.3. The Morgan fingerprint density at radius 2 is 1.96 bits per heavy atom. The normalized spacial score (nSPS) is 11.1. The van der Waals surface area contributed by atoms with Gasteiger partial charge < -0.3 is 20.0 Å². The predicted octanol–water partition coefficient (Wildman–Crippen LogP) is 3.28. The second-order valence-corrected chi connectivity index (χ2v) is 5.96. The molecule has 1 heterocycles. The third kappa shape index (κ3) is 3.57. The Labute approximate surface area is 145 Å². The van der Waals surface area contributed by atoms with Gasteiger partial charge in [-0.2, -0.15) is 0 Å². The van der Waals surface area contributed by atoms with Gasteiger partial charge in [0, 0.05) is 21.8 Å². The van der Waals surface area contributed by atoms with E-state index in [0.29, 0.717) is 22.5 Å². The van der Waals surface area contributed by atoms with Gasteiger partial charge in [-0.05, 0) is 42.5 Å². The van der Waals surface area contributed by atoms with Crippen LogP contribution in [0.5, 0.6) is 5.75 Å². The summed E-state index contributed by atoms with van der Waals surface area (Å²) in [5, 5.41) is 2.75. The number of H-pyrrole nitrogens is 2. The number of fused-ring (bicyclic) bond motifs is 1. The lowest BCUT2D eigenvalue weighted by molar-refractivity contribution is -0.111. The molecule has 0 fully saturated rings. The van der Waals surface area contributed by atoms with Crippen LogP contribution in [0.3, 0.4) is 0 Å². The number of carbonyl (C=O) groups excluding carboxylic acids is 1. The monoisotopic (exact) mass is 387 g/mol. The van der Waals surface area contributed by atoms with Gasteiger partial charge in [0.25, 0.3) is 0 Å². The van der Waals surface area contributed by atoms with Crippen LogP contribution in [0.2, 0.25) is 0 Å². The largest absolute Gasteiger partial charge is 0.496 e. The van der Waals surface area contributed by atoms with E-state index in [9.17, 15) is 9.59 Å². The molecule has 0 aliphatic rings. The number of ether oxygens (including phenoxy) is 1. The maximum absolute atomic E-state index is 12.1.